The second-order valence-corrected chi connectivity index (χ2v) is 10.8. The van der Waals surface area contributed by atoms with E-state index in [1.54, 1.807) is 23.7 Å². The lowest BCUT2D eigenvalue weighted by Gasteiger charge is -2.18. The topological polar surface area (TPSA) is 78.4 Å². The number of rotatable bonds is 4. The molecule has 1 aliphatic rings. The van der Waals surface area contributed by atoms with E-state index in [-0.39, 0.29) is 12.5 Å². The summed E-state index contributed by atoms with van der Waals surface area (Å²) >= 11 is 8.52. The second kappa shape index (κ2) is 9.81. The smallest absolute Gasteiger partial charge is 0.340 e. The Kier molecular flexibility index (Phi) is 6.36. The summed E-state index contributed by atoms with van der Waals surface area (Å²) in [6.45, 7) is 6.09. The monoisotopic (exact) mass is 532 g/mol. The minimum absolute atomic E-state index is 0.252. The zero-order valence-electron chi connectivity index (χ0n) is 20.7. The van der Waals surface area contributed by atoms with Crippen LogP contribution in [0.1, 0.15) is 28.2 Å². The van der Waals surface area contributed by atoms with Crippen LogP contribution in [0.3, 0.4) is 0 Å². The van der Waals surface area contributed by atoms with E-state index in [0.29, 0.717) is 16.3 Å². The fourth-order valence-electron chi connectivity index (χ4n) is 4.79. The maximum Gasteiger partial charge on any atom is 0.340 e. The van der Waals surface area contributed by atoms with Crippen LogP contribution in [0.15, 0.2) is 48.8 Å². The highest BCUT2D eigenvalue weighted by atomic mass is 35.5. The van der Waals surface area contributed by atoms with Crippen LogP contribution in [0.25, 0.3) is 26.1 Å². The Morgan fingerprint density at radius 2 is 1.97 bits per heavy atom. The molecule has 0 bridgehead atoms. The molecule has 10 heteroatoms. The number of aryl methyl sites for hydroxylation is 1. The molecule has 0 radical (unpaired) electrons. The molecule has 0 spiro atoms. The third kappa shape index (κ3) is 4.47. The van der Waals surface area contributed by atoms with Gasteiger partial charge in [0.25, 0.3) is 5.91 Å². The van der Waals surface area contributed by atoms with Crippen molar-refractivity contribution >= 4 is 60.7 Å². The molecule has 1 amide bonds. The molecule has 37 heavy (non-hydrogen) atoms. The van der Waals surface area contributed by atoms with Gasteiger partial charge in [-0.05, 0) is 50.1 Å². The van der Waals surface area contributed by atoms with Crippen LogP contribution in [0.2, 0.25) is 5.02 Å². The van der Waals surface area contributed by atoms with Gasteiger partial charge in [0.1, 0.15) is 5.56 Å². The number of aromatic nitrogens is 4. The van der Waals surface area contributed by atoms with Gasteiger partial charge in [-0.1, -0.05) is 35.1 Å². The molecule has 0 unspecified atom stereocenters. The Hall–Kier alpha value is -3.40. The number of amides is 1. The van der Waals surface area contributed by atoms with Crippen LogP contribution in [-0.4, -0.2) is 59.0 Å². The number of para-hydroxylation sites is 1. The fraction of sp³-hybridized carbons (Fsp3) is 0.296. The van der Waals surface area contributed by atoms with E-state index in [1.165, 1.54) is 0 Å². The van der Waals surface area contributed by atoms with Crippen LogP contribution in [0, 0.1) is 6.92 Å². The fourth-order valence-corrected chi connectivity index (χ4v) is 6.36. The van der Waals surface area contributed by atoms with Crippen molar-refractivity contribution < 1.29 is 9.20 Å². The summed E-state index contributed by atoms with van der Waals surface area (Å²) in [7, 11) is 2.16. The van der Waals surface area contributed by atoms with E-state index in [9.17, 15) is 4.79 Å². The van der Waals surface area contributed by atoms with Gasteiger partial charge >= 0.3 is 5.65 Å². The largest absolute Gasteiger partial charge is 0.346 e. The SMILES string of the molecule is Cc1cnc(CNC(=O)c2c(Cl)c3ccc(N4CCCN(C)CC4)nc3[n+]3c2sc2ccccc23)cn1. The highest BCUT2D eigenvalue weighted by molar-refractivity contribution is 7.23. The molecule has 1 saturated heterocycles. The number of hydrogen-bond acceptors (Lipinski definition) is 7. The lowest BCUT2D eigenvalue weighted by Crippen LogP contribution is -2.32. The number of thiazole rings is 1. The number of likely N-dealkylation sites (N-methyl/N-ethyl adjacent to an activating group) is 1. The summed E-state index contributed by atoms with van der Waals surface area (Å²) in [4.78, 5) is 32.7. The number of benzene rings is 1. The number of carbonyl (C=O) groups is 1. The van der Waals surface area contributed by atoms with Gasteiger partial charge in [0.2, 0.25) is 10.6 Å². The Balaban J connectivity index is 1.48. The summed E-state index contributed by atoms with van der Waals surface area (Å²) < 4.78 is 3.14. The van der Waals surface area contributed by atoms with Crippen LogP contribution >= 0.6 is 22.9 Å². The molecule has 6 rings (SSSR count). The first-order chi connectivity index (χ1) is 18.0. The van der Waals surface area contributed by atoms with Crippen molar-refractivity contribution in [3.05, 3.63) is 70.8 Å². The van der Waals surface area contributed by atoms with Crippen molar-refractivity contribution in [2.24, 2.45) is 0 Å². The molecule has 4 aromatic heterocycles. The molecule has 1 aliphatic heterocycles. The van der Waals surface area contributed by atoms with E-state index >= 15 is 0 Å². The molecule has 1 aromatic carbocycles. The summed E-state index contributed by atoms with van der Waals surface area (Å²) in [5.41, 5.74) is 3.72. The first-order valence-electron chi connectivity index (χ1n) is 12.3. The highest BCUT2D eigenvalue weighted by Crippen LogP contribution is 2.34. The maximum atomic E-state index is 13.5. The van der Waals surface area contributed by atoms with Crippen LogP contribution < -0.4 is 14.6 Å². The Labute approximate surface area is 223 Å². The van der Waals surface area contributed by atoms with Gasteiger partial charge in [0.15, 0.2) is 5.52 Å². The van der Waals surface area contributed by atoms with Gasteiger partial charge in [-0.2, -0.15) is 4.40 Å². The van der Waals surface area contributed by atoms with Crippen molar-refractivity contribution in [1.29, 1.82) is 0 Å². The Morgan fingerprint density at radius 1 is 1.11 bits per heavy atom. The quantitative estimate of drug-likeness (QED) is 0.352. The molecular weight excluding hydrogens is 506 g/mol. The first kappa shape index (κ1) is 24.0. The van der Waals surface area contributed by atoms with Gasteiger partial charge in [-0.15, -0.1) is 0 Å². The van der Waals surface area contributed by atoms with E-state index in [0.717, 1.165) is 70.2 Å². The number of halogens is 1. The predicted octanol–water partition coefficient (Wildman–Crippen LogP) is 4.01. The average Bonchev–Trinajstić information content (AvgIpc) is 3.15. The van der Waals surface area contributed by atoms with Crippen LogP contribution in [0.4, 0.5) is 5.82 Å². The molecule has 5 heterocycles. The summed E-state index contributed by atoms with van der Waals surface area (Å²) in [5.74, 6) is 0.677. The standard InChI is InChI=1S/C27H26ClN7OS/c1-17-14-30-18(15-29-17)16-31-26(36)23-24(28)19-8-9-22(34-11-5-10-33(2)12-13-34)32-25(19)35-20-6-3-4-7-21(20)37-27(23)35/h3-4,6-9,14-15H,5,10-13,16H2,1-2H3/p+1. The third-order valence-corrected chi connectivity index (χ3v) is 8.33. The Morgan fingerprint density at radius 3 is 2.81 bits per heavy atom. The zero-order chi connectivity index (χ0) is 25.5. The number of carbonyl (C=O) groups excluding carboxylic acids is 1. The predicted molar refractivity (Wildman–Crippen MR) is 148 cm³/mol. The molecule has 5 aromatic rings. The summed E-state index contributed by atoms with van der Waals surface area (Å²) in [6.07, 6.45) is 4.45. The first-order valence-corrected chi connectivity index (χ1v) is 13.5. The number of nitrogens with one attached hydrogen (secondary N) is 1. The van der Waals surface area contributed by atoms with Crippen LogP contribution in [0.5, 0.6) is 0 Å². The van der Waals surface area contributed by atoms with Gasteiger partial charge in [0.05, 0.1) is 39.2 Å². The number of fused-ring (bicyclic) bond motifs is 5. The summed E-state index contributed by atoms with van der Waals surface area (Å²) in [6, 6.07) is 12.1. The van der Waals surface area contributed by atoms with E-state index in [1.807, 2.05) is 31.2 Å². The van der Waals surface area contributed by atoms with Crippen molar-refractivity contribution in [1.82, 2.24) is 25.2 Å². The molecule has 0 aliphatic carbocycles. The molecule has 1 fully saturated rings. The van der Waals surface area contributed by atoms with Gasteiger partial charge in [-0.25, -0.2) is 0 Å². The number of hydrogen-bond donors (Lipinski definition) is 1. The highest BCUT2D eigenvalue weighted by Gasteiger charge is 2.29. The van der Waals surface area contributed by atoms with E-state index < -0.39 is 0 Å². The molecule has 0 saturated carbocycles. The van der Waals surface area contributed by atoms with Gasteiger partial charge < -0.3 is 15.1 Å². The van der Waals surface area contributed by atoms with E-state index in [4.69, 9.17) is 16.6 Å². The maximum absolute atomic E-state index is 13.5. The second-order valence-electron chi connectivity index (χ2n) is 9.42. The zero-order valence-corrected chi connectivity index (χ0v) is 22.3. The normalized spacial score (nSPS) is 14.9. The molecule has 188 valence electrons. The lowest BCUT2D eigenvalue weighted by molar-refractivity contribution is -0.449. The minimum atomic E-state index is -0.252. The van der Waals surface area contributed by atoms with Crippen molar-refractivity contribution in [2.45, 2.75) is 19.9 Å². The van der Waals surface area contributed by atoms with Crippen LogP contribution in [-0.2, 0) is 6.54 Å². The minimum Gasteiger partial charge on any atom is -0.346 e. The van der Waals surface area contributed by atoms with Gasteiger partial charge in [0, 0.05) is 31.9 Å². The Bertz CT molecular complexity index is 1640. The average molecular weight is 533 g/mol. The van der Waals surface area contributed by atoms with Crippen molar-refractivity contribution in [3.8, 4) is 0 Å². The molecular formula is C27H27ClN7OS+. The number of nitrogens with zero attached hydrogens (tertiary/aromatic N) is 6. The van der Waals surface area contributed by atoms with Crippen molar-refractivity contribution in [3.63, 3.8) is 0 Å². The van der Waals surface area contributed by atoms with E-state index in [2.05, 4.69) is 48.7 Å². The third-order valence-electron chi connectivity index (χ3n) is 6.79. The van der Waals surface area contributed by atoms with Crippen molar-refractivity contribution in [2.75, 3.05) is 38.1 Å². The van der Waals surface area contributed by atoms with Gasteiger partial charge in [-0.3, -0.25) is 14.8 Å². The molecule has 1 N–H and O–H groups in total. The molecule has 0 atom stereocenters. The number of anilines is 1. The summed E-state index contributed by atoms with van der Waals surface area (Å²) in [5, 5.41) is 4.14. The molecule has 8 nitrogen and oxygen atoms in total. The number of pyridine rings is 2. The lowest BCUT2D eigenvalue weighted by atomic mass is 10.1.